The van der Waals surface area contributed by atoms with Crippen molar-refractivity contribution in [1.82, 2.24) is 15.0 Å². The lowest BCUT2D eigenvalue weighted by Crippen LogP contribution is -1.94. The molecule has 0 bridgehead atoms. The van der Waals surface area contributed by atoms with E-state index in [1.807, 2.05) is 16.9 Å². The lowest BCUT2D eigenvalue weighted by molar-refractivity contribution is 0.793. The monoisotopic (exact) mass is 263 g/mol. The molecule has 1 heterocycles. The number of rotatable bonds is 4. The van der Waals surface area contributed by atoms with Crippen LogP contribution in [-0.4, -0.2) is 15.0 Å². The molecule has 3 rings (SSSR count). The Morgan fingerprint density at radius 2 is 1.65 bits per heavy atom. The third-order valence-electron chi connectivity index (χ3n) is 3.35. The highest BCUT2D eigenvalue weighted by molar-refractivity contribution is 5.33. The van der Waals surface area contributed by atoms with Crippen LogP contribution in [0, 0.1) is 6.92 Å². The molecule has 100 valence electrons. The van der Waals surface area contributed by atoms with Crippen LogP contribution in [0.2, 0.25) is 0 Å². The maximum absolute atomic E-state index is 4.24. The van der Waals surface area contributed by atoms with Crippen LogP contribution in [0.4, 0.5) is 0 Å². The van der Waals surface area contributed by atoms with Crippen LogP contribution in [0.1, 0.15) is 16.8 Å². The molecule has 2 aromatic carbocycles. The van der Waals surface area contributed by atoms with Gasteiger partial charge in [-0.05, 0) is 37.5 Å². The van der Waals surface area contributed by atoms with Gasteiger partial charge in [-0.1, -0.05) is 53.2 Å². The molecular formula is C17H17N3. The van der Waals surface area contributed by atoms with E-state index in [0.717, 1.165) is 24.2 Å². The van der Waals surface area contributed by atoms with Crippen molar-refractivity contribution in [1.29, 1.82) is 0 Å². The number of aryl methyl sites for hydroxylation is 3. The minimum Gasteiger partial charge on any atom is -0.220 e. The molecule has 0 aliphatic rings. The summed E-state index contributed by atoms with van der Waals surface area (Å²) in [6, 6.07) is 18.8. The molecule has 3 nitrogen and oxygen atoms in total. The van der Waals surface area contributed by atoms with Gasteiger partial charge < -0.3 is 0 Å². The van der Waals surface area contributed by atoms with Gasteiger partial charge in [-0.25, -0.2) is 4.68 Å². The fourth-order valence-electron chi connectivity index (χ4n) is 2.15. The summed E-state index contributed by atoms with van der Waals surface area (Å²) in [4.78, 5) is 0. The highest BCUT2D eigenvalue weighted by Gasteiger charge is 2.03. The van der Waals surface area contributed by atoms with Crippen LogP contribution in [0.3, 0.4) is 0 Å². The molecule has 3 heteroatoms. The third-order valence-corrected chi connectivity index (χ3v) is 3.35. The molecule has 3 aromatic rings. The normalized spacial score (nSPS) is 10.7. The van der Waals surface area contributed by atoms with Crippen LogP contribution >= 0.6 is 0 Å². The summed E-state index contributed by atoms with van der Waals surface area (Å²) < 4.78 is 1.83. The zero-order chi connectivity index (χ0) is 13.8. The number of aromatic nitrogens is 3. The van der Waals surface area contributed by atoms with E-state index in [1.165, 1.54) is 11.1 Å². The molecule has 0 N–H and O–H groups in total. The molecule has 0 saturated carbocycles. The van der Waals surface area contributed by atoms with E-state index in [0.29, 0.717) is 0 Å². The molecule has 0 unspecified atom stereocenters. The van der Waals surface area contributed by atoms with Gasteiger partial charge in [0.05, 0.1) is 17.6 Å². The zero-order valence-electron chi connectivity index (χ0n) is 11.5. The van der Waals surface area contributed by atoms with Crippen molar-refractivity contribution in [2.45, 2.75) is 19.8 Å². The maximum atomic E-state index is 4.24. The summed E-state index contributed by atoms with van der Waals surface area (Å²) in [6.45, 7) is 2.08. The molecule has 0 amide bonds. The van der Waals surface area contributed by atoms with Crippen LogP contribution in [-0.2, 0) is 12.8 Å². The Bertz CT molecular complexity index is 669. The van der Waals surface area contributed by atoms with E-state index in [-0.39, 0.29) is 0 Å². The van der Waals surface area contributed by atoms with E-state index in [9.17, 15) is 0 Å². The average Bonchev–Trinajstić information content (AvgIpc) is 2.96. The molecule has 0 saturated heterocycles. The first-order valence-corrected chi connectivity index (χ1v) is 6.83. The highest BCUT2D eigenvalue weighted by Crippen LogP contribution is 2.10. The van der Waals surface area contributed by atoms with Gasteiger partial charge in [0, 0.05) is 0 Å². The van der Waals surface area contributed by atoms with Gasteiger partial charge in [-0.2, -0.15) is 0 Å². The number of hydrogen-bond donors (Lipinski definition) is 0. The van der Waals surface area contributed by atoms with Gasteiger partial charge in [0.15, 0.2) is 0 Å². The van der Waals surface area contributed by atoms with Crippen molar-refractivity contribution in [3.8, 4) is 5.69 Å². The number of nitrogens with zero attached hydrogens (tertiary/aromatic N) is 3. The van der Waals surface area contributed by atoms with Gasteiger partial charge in [0.2, 0.25) is 0 Å². The van der Waals surface area contributed by atoms with Crippen molar-refractivity contribution in [2.24, 2.45) is 0 Å². The molecular weight excluding hydrogens is 246 g/mol. The second-order valence-electron chi connectivity index (χ2n) is 4.98. The summed E-state index contributed by atoms with van der Waals surface area (Å²) in [7, 11) is 0. The van der Waals surface area contributed by atoms with E-state index >= 15 is 0 Å². The molecule has 0 atom stereocenters. The minimum atomic E-state index is 0.913. The SMILES string of the molecule is Cc1ccc(-n2cc(CCc3ccccc3)nn2)cc1. The summed E-state index contributed by atoms with van der Waals surface area (Å²) in [5.41, 5.74) is 4.65. The second kappa shape index (κ2) is 5.70. The van der Waals surface area contributed by atoms with Gasteiger partial charge in [0.1, 0.15) is 0 Å². The van der Waals surface area contributed by atoms with Crippen LogP contribution in [0.5, 0.6) is 0 Å². The first-order chi connectivity index (χ1) is 9.81. The predicted octanol–water partition coefficient (Wildman–Crippen LogP) is 3.36. The Morgan fingerprint density at radius 3 is 2.40 bits per heavy atom. The van der Waals surface area contributed by atoms with Gasteiger partial charge in [-0.15, -0.1) is 5.10 Å². The fourth-order valence-corrected chi connectivity index (χ4v) is 2.15. The van der Waals surface area contributed by atoms with E-state index in [2.05, 4.69) is 65.8 Å². The smallest absolute Gasteiger partial charge is 0.0835 e. The zero-order valence-corrected chi connectivity index (χ0v) is 11.5. The molecule has 0 radical (unpaired) electrons. The summed E-state index contributed by atoms with van der Waals surface area (Å²) in [6.07, 6.45) is 3.91. The van der Waals surface area contributed by atoms with Gasteiger partial charge >= 0.3 is 0 Å². The van der Waals surface area contributed by atoms with E-state index in [4.69, 9.17) is 0 Å². The second-order valence-corrected chi connectivity index (χ2v) is 4.98. The molecule has 1 aromatic heterocycles. The third kappa shape index (κ3) is 2.94. The van der Waals surface area contributed by atoms with E-state index < -0.39 is 0 Å². The quantitative estimate of drug-likeness (QED) is 0.722. The standard InChI is InChI=1S/C17H17N3/c1-14-7-11-17(12-8-14)20-13-16(18-19-20)10-9-15-5-3-2-4-6-15/h2-8,11-13H,9-10H2,1H3. The lowest BCUT2D eigenvalue weighted by Gasteiger charge is -2.00. The average molecular weight is 263 g/mol. The van der Waals surface area contributed by atoms with Gasteiger partial charge in [-0.3, -0.25) is 0 Å². The highest BCUT2D eigenvalue weighted by atomic mass is 15.4. The van der Waals surface area contributed by atoms with Crippen molar-refractivity contribution in [2.75, 3.05) is 0 Å². The Morgan fingerprint density at radius 1 is 0.900 bits per heavy atom. The Hall–Kier alpha value is -2.42. The molecule has 0 aliphatic carbocycles. The minimum absolute atomic E-state index is 0.913. The lowest BCUT2D eigenvalue weighted by atomic mass is 10.1. The van der Waals surface area contributed by atoms with Crippen molar-refractivity contribution < 1.29 is 0 Å². The first kappa shape index (κ1) is 12.6. The van der Waals surface area contributed by atoms with E-state index in [1.54, 1.807) is 0 Å². The Labute approximate surface area is 118 Å². The molecule has 0 fully saturated rings. The summed E-state index contributed by atoms with van der Waals surface area (Å²) in [5.74, 6) is 0. The molecule has 0 aliphatic heterocycles. The molecule has 20 heavy (non-hydrogen) atoms. The summed E-state index contributed by atoms with van der Waals surface area (Å²) in [5, 5.41) is 8.44. The van der Waals surface area contributed by atoms with Crippen LogP contribution in [0.15, 0.2) is 60.8 Å². The topological polar surface area (TPSA) is 30.7 Å². The number of hydrogen-bond acceptors (Lipinski definition) is 2. The first-order valence-electron chi connectivity index (χ1n) is 6.83. The van der Waals surface area contributed by atoms with Crippen molar-refractivity contribution >= 4 is 0 Å². The maximum Gasteiger partial charge on any atom is 0.0835 e. The largest absolute Gasteiger partial charge is 0.220 e. The predicted molar refractivity (Wildman–Crippen MR) is 79.9 cm³/mol. The van der Waals surface area contributed by atoms with Crippen molar-refractivity contribution in [3.63, 3.8) is 0 Å². The Balaban J connectivity index is 1.69. The van der Waals surface area contributed by atoms with Gasteiger partial charge in [0.25, 0.3) is 0 Å². The van der Waals surface area contributed by atoms with Crippen molar-refractivity contribution in [3.05, 3.63) is 77.6 Å². The number of benzene rings is 2. The summed E-state index contributed by atoms with van der Waals surface area (Å²) >= 11 is 0. The van der Waals surface area contributed by atoms with Crippen LogP contribution in [0.25, 0.3) is 5.69 Å². The Kier molecular flexibility index (Phi) is 3.59. The molecule has 0 spiro atoms. The van der Waals surface area contributed by atoms with Crippen LogP contribution < -0.4 is 0 Å². The fraction of sp³-hybridized carbons (Fsp3) is 0.176.